The van der Waals surface area contributed by atoms with Gasteiger partial charge in [-0.2, -0.15) is 0 Å². The molecule has 0 unspecified atom stereocenters. The molecular weight excluding hydrogens is 438 g/mol. The normalized spacial score (nSPS) is 16.3. The number of aryl methyl sites for hydroxylation is 1. The van der Waals surface area contributed by atoms with Gasteiger partial charge in [0.2, 0.25) is 0 Å². The van der Waals surface area contributed by atoms with Crippen molar-refractivity contribution in [2.75, 3.05) is 11.9 Å². The summed E-state index contributed by atoms with van der Waals surface area (Å²) in [6.45, 7) is 6.38. The molecule has 1 amide bonds. The highest BCUT2D eigenvalue weighted by Gasteiger charge is 2.30. The molecule has 0 spiro atoms. The fourth-order valence-corrected chi connectivity index (χ4v) is 3.83. The van der Waals surface area contributed by atoms with Crippen molar-refractivity contribution in [2.45, 2.75) is 26.8 Å². The van der Waals surface area contributed by atoms with Crippen LogP contribution in [0.1, 0.15) is 31.0 Å². The fourth-order valence-electron chi connectivity index (χ4n) is 3.05. The van der Waals surface area contributed by atoms with E-state index in [1.54, 1.807) is 0 Å². The Balaban J connectivity index is 1.93. The third kappa shape index (κ3) is 4.54. The highest BCUT2D eigenvalue weighted by atomic mass is 79.9. The molecule has 7 heteroatoms. The Bertz CT molecular complexity index is 941. The van der Waals surface area contributed by atoms with E-state index < -0.39 is 0 Å². The third-order valence-electron chi connectivity index (χ3n) is 4.41. The van der Waals surface area contributed by atoms with E-state index in [1.165, 1.54) is 0 Å². The number of anilines is 1. The summed E-state index contributed by atoms with van der Waals surface area (Å²) in [6.07, 6.45) is 0. The van der Waals surface area contributed by atoms with Crippen LogP contribution in [0.5, 0.6) is 5.75 Å². The lowest BCUT2D eigenvalue weighted by molar-refractivity contribution is -0.113. The first-order chi connectivity index (χ1) is 13.4. The number of nitrogens with one attached hydrogen (secondary N) is 3. The lowest BCUT2D eigenvalue weighted by atomic mass is 9.95. The van der Waals surface area contributed by atoms with E-state index in [9.17, 15) is 4.79 Å². The Morgan fingerprint density at radius 1 is 1.21 bits per heavy atom. The second-order valence-electron chi connectivity index (χ2n) is 6.51. The van der Waals surface area contributed by atoms with Gasteiger partial charge in [0, 0.05) is 11.4 Å². The van der Waals surface area contributed by atoms with Crippen LogP contribution in [0.25, 0.3) is 0 Å². The average molecular weight is 460 g/mol. The number of hydrogen-bond donors (Lipinski definition) is 3. The minimum Gasteiger partial charge on any atom is -0.493 e. The Kier molecular flexibility index (Phi) is 6.36. The zero-order chi connectivity index (χ0) is 20.3. The molecule has 3 rings (SSSR count). The van der Waals surface area contributed by atoms with Crippen LogP contribution in [-0.2, 0) is 4.79 Å². The topological polar surface area (TPSA) is 62.4 Å². The maximum atomic E-state index is 13.1. The van der Waals surface area contributed by atoms with Gasteiger partial charge in [0.05, 0.1) is 22.7 Å². The van der Waals surface area contributed by atoms with Crippen molar-refractivity contribution in [3.63, 3.8) is 0 Å². The summed E-state index contributed by atoms with van der Waals surface area (Å²) in [5.74, 6) is 0.577. The largest absolute Gasteiger partial charge is 0.493 e. The average Bonchev–Trinajstić information content (AvgIpc) is 2.64. The quantitative estimate of drug-likeness (QED) is 0.570. The Morgan fingerprint density at radius 2 is 1.93 bits per heavy atom. The molecule has 28 heavy (non-hydrogen) atoms. The minimum atomic E-state index is -0.369. The van der Waals surface area contributed by atoms with Crippen LogP contribution in [0, 0.1) is 6.92 Å². The molecule has 0 saturated heterocycles. The molecule has 0 bridgehead atoms. The molecule has 5 nitrogen and oxygen atoms in total. The first-order valence-electron chi connectivity index (χ1n) is 8.97. The summed E-state index contributed by atoms with van der Waals surface area (Å²) in [5.41, 5.74) is 4.11. The maximum Gasteiger partial charge on any atom is 0.255 e. The first kappa shape index (κ1) is 20.4. The zero-order valence-corrected chi connectivity index (χ0v) is 18.3. The molecule has 0 aromatic heterocycles. The molecule has 0 radical (unpaired) electrons. The van der Waals surface area contributed by atoms with Crippen LogP contribution in [0.4, 0.5) is 5.69 Å². The van der Waals surface area contributed by atoms with E-state index >= 15 is 0 Å². The van der Waals surface area contributed by atoms with Gasteiger partial charge in [0.15, 0.2) is 5.11 Å². The van der Waals surface area contributed by atoms with E-state index in [0.29, 0.717) is 17.3 Å². The number of benzene rings is 2. The van der Waals surface area contributed by atoms with Crippen LogP contribution < -0.4 is 20.7 Å². The summed E-state index contributed by atoms with van der Waals surface area (Å²) in [5, 5.41) is 9.72. The third-order valence-corrected chi connectivity index (χ3v) is 5.25. The molecule has 1 atom stereocenters. The summed E-state index contributed by atoms with van der Waals surface area (Å²) in [6, 6.07) is 13.1. The molecule has 0 aliphatic carbocycles. The van der Waals surface area contributed by atoms with E-state index in [1.807, 2.05) is 63.2 Å². The van der Waals surface area contributed by atoms with Crippen molar-refractivity contribution in [2.24, 2.45) is 0 Å². The molecule has 2 aromatic carbocycles. The maximum absolute atomic E-state index is 13.1. The standard InChI is InChI=1S/C21H22BrN3O2S/c1-4-27-17-10-7-14(11-16(17)22)19-18(13(3)23-21(28)25-19)20(26)24-15-8-5-12(2)6-9-15/h5-11,19H,4H2,1-3H3,(H,24,26)(H2,23,25,28)/t19-/m0/s1. The smallest absolute Gasteiger partial charge is 0.255 e. The lowest BCUT2D eigenvalue weighted by Crippen LogP contribution is -2.45. The van der Waals surface area contributed by atoms with Crippen molar-refractivity contribution in [1.29, 1.82) is 0 Å². The van der Waals surface area contributed by atoms with E-state index in [0.717, 1.165) is 32.7 Å². The van der Waals surface area contributed by atoms with Crippen molar-refractivity contribution < 1.29 is 9.53 Å². The van der Waals surface area contributed by atoms with Gasteiger partial charge >= 0.3 is 0 Å². The second-order valence-corrected chi connectivity index (χ2v) is 7.78. The van der Waals surface area contributed by atoms with Gasteiger partial charge in [-0.25, -0.2) is 0 Å². The molecular formula is C21H22BrN3O2S. The monoisotopic (exact) mass is 459 g/mol. The molecule has 2 aromatic rings. The van der Waals surface area contributed by atoms with Gasteiger partial charge in [0.1, 0.15) is 5.75 Å². The Hall–Kier alpha value is -2.38. The van der Waals surface area contributed by atoms with Gasteiger partial charge in [-0.15, -0.1) is 0 Å². The van der Waals surface area contributed by atoms with Crippen LogP contribution in [0.15, 0.2) is 58.2 Å². The van der Waals surface area contributed by atoms with Crippen molar-refractivity contribution in [3.05, 3.63) is 69.3 Å². The number of allylic oxidation sites excluding steroid dienone is 1. The van der Waals surface area contributed by atoms with Gasteiger partial charge in [0.25, 0.3) is 5.91 Å². The highest BCUT2D eigenvalue weighted by molar-refractivity contribution is 9.10. The highest BCUT2D eigenvalue weighted by Crippen LogP contribution is 2.33. The Morgan fingerprint density at radius 3 is 2.57 bits per heavy atom. The number of hydrogen-bond acceptors (Lipinski definition) is 3. The zero-order valence-electron chi connectivity index (χ0n) is 15.9. The summed E-state index contributed by atoms with van der Waals surface area (Å²) in [7, 11) is 0. The van der Waals surface area contributed by atoms with Gasteiger partial charge in [-0.05, 0) is 78.7 Å². The van der Waals surface area contributed by atoms with Gasteiger partial charge in [-0.3, -0.25) is 4.79 Å². The van der Waals surface area contributed by atoms with Crippen LogP contribution in [0.3, 0.4) is 0 Å². The Labute approximate surface area is 178 Å². The number of ether oxygens (including phenoxy) is 1. The van der Waals surface area contributed by atoms with Crippen molar-refractivity contribution in [3.8, 4) is 5.75 Å². The molecule has 1 aliphatic rings. The number of halogens is 1. The molecule has 146 valence electrons. The fraction of sp³-hybridized carbons (Fsp3) is 0.238. The summed E-state index contributed by atoms with van der Waals surface area (Å²) >= 11 is 8.86. The van der Waals surface area contributed by atoms with E-state index in [2.05, 4.69) is 31.9 Å². The van der Waals surface area contributed by atoms with Crippen LogP contribution in [-0.4, -0.2) is 17.6 Å². The van der Waals surface area contributed by atoms with Crippen molar-refractivity contribution >= 4 is 44.9 Å². The first-order valence-corrected chi connectivity index (χ1v) is 10.2. The number of carbonyl (C=O) groups excluding carboxylic acids is 1. The molecule has 1 aliphatic heterocycles. The molecule has 0 saturated carbocycles. The number of rotatable bonds is 5. The van der Waals surface area contributed by atoms with Crippen LogP contribution in [0.2, 0.25) is 0 Å². The molecule has 1 heterocycles. The number of thiocarbonyl (C=S) groups is 1. The SMILES string of the molecule is CCOc1ccc([C@@H]2NC(=S)NC(C)=C2C(=O)Nc2ccc(C)cc2)cc1Br. The number of carbonyl (C=O) groups is 1. The predicted octanol–water partition coefficient (Wildman–Crippen LogP) is 4.59. The van der Waals surface area contributed by atoms with Gasteiger partial charge < -0.3 is 20.7 Å². The van der Waals surface area contributed by atoms with Crippen LogP contribution >= 0.6 is 28.1 Å². The minimum absolute atomic E-state index is 0.182. The van der Waals surface area contributed by atoms with Gasteiger partial charge in [-0.1, -0.05) is 23.8 Å². The molecule has 0 fully saturated rings. The summed E-state index contributed by atoms with van der Waals surface area (Å²) < 4.78 is 6.42. The van der Waals surface area contributed by atoms with E-state index in [-0.39, 0.29) is 11.9 Å². The predicted molar refractivity (Wildman–Crippen MR) is 119 cm³/mol. The lowest BCUT2D eigenvalue weighted by Gasteiger charge is -2.30. The summed E-state index contributed by atoms with van der Waals surface area (Å²) in [4.78, 5) is 13.1. The number of amides is 1. The van der Waals surface area contributed by atoms with E-state index in [4.69, 9.17) is 17.0 Å². The van der Waals surface area contributed by atoms with Crippen molar-refractivity contribution in [1.82, 2.24) is 10.6 Å². The second kappa shape index (κ2) is 8.75. The molecule has 3 N–H and O–H groups in total.